The van der Waals surface area contributed by atoms with E-state index in [1.807, 2.05) is 17.0 Å². The summed E-state index contributed by atoms with van der Waals surface area (Å²) in [6.07, 6.45) is 5.31. The fraction of sp³-hybridized carbons (Fsp3) is 0.400. The van der Waals surface area contributed by atoms with Crippen molar-refractivity contribution >= 4 is 23.3 Å². The molecule has 22 heavy (non-hydrogen) atoms. The number of fused-ring (bicyclic) bond motifs is 1. The number of amides is 2. The fourth-order valence-electron chi connectivity index (χ4n) is 3.14. The Hall–Kier alpha value is -2.41. The molecule has 1 aliphatic carbocycles. The smallest absolute Gasteiger partial charge is 0.302 e. The van der Waals surface area contributed by atoms with E-state index in [0.29, 0.717) is 11.3 Å². The Balaban J connectivity index is 2.10. The number of anilines is 1. The van der Waals surface area contributed by atoms with Crippen molar-refractivity contribution in [1.82, 2.24) is 10.9 Å². The zero-order chi connectivity index (χ0) is 15.5. The van der Waals surface area contributed by atoms with Crippen LogP contribution < -0.4 is 21.6 Å². The van der Waals surface area contributed by atoms with Gasteiger partial charge in [-0.15, -0.1) is 5.10 Å². The van der Waals surface area contributed by atoms with E-state index in [2.05, 4.69) is 16.0 Å². The van der Waals surface area contributed by atoms with Gasteiger partial charge in [-0.05, 0) is 25.0 Å². The molecule has 0 radical (unpaired) electrons. The van der Waals surface area contributed by atoms with Crippen LogP contribution in [0.5, 0.6) is 0 Å². The average Bonchev–Trinajstić information content (AvgIpc) is 2.72. The van der Waals surface area contributed by atoms with Gasteiger partial charge in [0.1, 0.15) is 0 Å². The third-order valence-electron chi connectivity index (χ3n) is 4.17. The predicted molar refractivity (Wildman–Crippen MR) is 83.0 cm³/mol. The number of hydrogen-bond donors (Lipinski definition) is 3. The van der Waals surface area contributed by atoms with Gasteiger partial charge in [-0.25, -0.2) is 11.3 Å². The van der Waals surface area contributed by atoms with Crippen LogP contribution in [-0.4, -0.2) is 23.7 Å². The quantitative estimate of drug-likeness (QED) is 0.429. The molecule has 1 heterocycles. The van der Waals surface area contributed by atoms with Crippen LogP contribution in [0.15, 0.2) is 29.4 Å². The minimum atomic E-state index is -0.512. The van der Waals surface area contributed by atoms with Gasteiger partial charge >= 0.3 is 5.91 Å². The van der Waals surface area contributed by atoms with E-state index in [4.69, 9.17) is 5.84 Å². The lowest BCUT2D eigenvalue weighted by molar-refractivity contribution is -0.115. The van der Waals surface area contributed by atoms with Crippen LogP contribution in [0.25, 0.3) is 0 Å². The third kappa shape index (κ3) is 2.55. The Labute approximate surface area is 128 Å². The number of nitrogens with one attached hydrogen (secondary N) is 2. The summed E-state index contributed by atoms with van der Waals surface area (Å²) in [6.45, 7) is 0. The fourth-order valence-corrected chi connectivity index (χ4v) is 3.14. The average molecular weight is 301 g/mol. The normalized spacial score (nSPS) is 18.9. The molecule has 1 aromatic rings. The van der Waals surface area contributed by atoms with Crippen LogP contribution in [0.1, 0.15) is 42.5 Å². The van der Waals surface area contributed by atoms with Gasteiger partial charge in [0, 0.05) is 6.04 Å². The maximum atomic E-state index is 12.2. The Bertz CT molecular complexity index is 622. The van der Waals surface area contributed by atoms with Crippen LogP contribution in [0, 0.1) is 0 Å². The number of carbonyl (C=O) groups excluding carboxylic acids is 2. The van der Waals surface area contributed by atoms with Crippen LogP contribution in [0.3, 0.4) is 0 Å². The molecule has 3 rings (SSSR count). The first-order valence-corrected chi connectivity index (χ1v) is 7.49. The summed E-state index contributed by atoms with van der Waals surface area (Å²) in [5, 5.41) is 4.00. The zero-order valence-corrected chi connectivity index (χ0v) is 12.2. The second kappa shape index (κ2) is 6.15. The summed E-state index contributed by atoms with van der Waals surface area (Å²) in [7, 11) is 0. The van der Waals surface area contributed by atoms with Crippen molar-refractivity contribution in [3.05, 3.63) is 29.8 Å². The molecule has 2 amide bonds. The molecule has 0 unspecified atom stereocenters. The minimum Gasteiger partial charge on any atom is -0.316 e. The SMILES string of the molecule is NNC(=O)C1=NNC(=O)c2ccccc2N1C1CCCCC1. The molecule has 1 aliphatic heterocycles. The van der Waals surface area contributed by atoms with E-state index in [0.717, 1.165) is 25.7 Å². The Morgan fingerprint density at radius 3 is 2.73 bits per heavy atom. The van der Waals surface area contributed by atoms with E-state index in [9.17, 15) is 9.59 Å². The first kappa shape index (κ1) is 14.5. The van der Waals surface area contributed by atoms with Crippen LogP contribution in [0.2, 0.25) is 0 Å². The van der Waals surface area contributed by atoms with Crippen molar-refractivity contribution in [2.75, 3.05) is 4.90 Å². The predicted octanol–water partition coefficient (Wildman–Crippen LogP) is 0.872. The second-order valence-corrected chi connectivity index (χ2v) is 5.53. The first-order chi connectivity index (χ1) is 10.7. The highest BCUT2D eigenvalue weighted by Crippen LogP contribution is 2.31. The van der Waals surface area contributed by atoms with E-state index in [1.165, 1.54) is 6.42 Å². The highest BCUT2D eigenvalue weighted by Gasteiger charge is 2.33. The molecule has 1 aromatic carbocycles. The van der Waals surface area contributed by atoms with E-state index in [1.54, 1.807) is 12.1 Å². The van der Waals surface area contributed by atoms with Crippen molar-refractivity contribution in [1.29, 1.82) is 0 Å². The topological polar surface area (TPSA) is 99.8 Å². The molecule has 116 valence electrons. The molecule has 0 aromatic heterocycles. The summed E-state index contributed by atoms with van der Waals surface area (Å²) in [5.41, 5.74) is 5.75. The number of hydrogen-bond acceptors (Lipinski definition) is 5. The number of nitrogens with two attached hydrogens (primary N) is 1. The van der Waals surface area contributed by atoms with Crippen molar-refractivity contribution < 1.29 is 9.59 Å². The summed E-state index contributed by atoms with van der Waals surface area (Å²) >= 11 is 0. The number of hydrazone groups is 1. The summed E-state index contributed by atoms with van der Waals surface area (Å²) < 4.78 is 0. The zero-order valence-electron chi connectivity index (χ0n) is 12.2. The van der Waals surface area contributed by atoms with Gasteiger partial charge in [0.15, 0.2) is 0 Å². The van der Waals surface area contributed by atoms with E-state index in [-0.39, 0.29) is 17.8 Å². The summed E-state index contributed by atoms with van der Waals surface area (Å²) in [6, 6.07) is 7.36. The molecule has 0 atom stereocenters. The van der Waals surface area contributed by atoms with Crippen molar-refractivity contribution in [3.8, 4) is 0 Å². The lowest BCUT2D eigenvalue weighted by atomic mass is 9.93. The van der Waals surface area contributed by atoms with Crippen molar-refractivity contribution in [2.24, 2.45) is 10.9 Å². The molecule has 2 aliphatic rings. The van der Waals surface area contributed by atoms with E-state index < -0.39 is 5.91 Å². The lowest BCUT2D eigenvalue weighted by Gasteiger charge is -2.35. The Kier molecular flexibility index (Phi) is 4.06. The number of amidine groups is 1. The number of benzene rings is 1. The maximum Gasteiger partial charge on any atom is 0.302 e. The maximum absolute atomic E-state index is 12.2. The van der Waals surface area contributed by atoms with Gasteiger partial charge in [0.2, 0.25) is 5.84 Å². The van der Waals surface area contributed by atoms with Crippen LogP contribution >= 0.6 is 0 Å². The Morgan fingerprint density at radius 2 is 2.00 bits per heavy atom. The molecule has 0 bridgehead atoms. The number of para-hydroxylation sites is 1. The molecular weight excluding hydrogens is 282 g/mol. The highest BCUT2D eigenvalue weighted by molar-refractivity contribution is 6.43. The Morgan fingerprint density at radius 1 is 1.27 bits per heavy atom. The number of nitrogens with zero attached hydrogens (tertiary/aromatic N) is 2. The molecule has 4 N–H and O–H groups in total. The van der Waals surface area contributed by atoms with Crippen molar-refractivity contribution in [2.45, 2.75) is 38.1 Å². The molecule has 0 spiro atoms. The van der Waals surface area contributed by atoms with Crippen molar-refractivity contribution in [3.63, 3.8) is 0 Å². The number of carbonyl (C=O) groups is 2. The first-order valence-electron chi connectivity index (χ1n) is 7.49. The van der Waals surface area contributed by atoms with Gasteiger partial charge in [0.25, 0.3) is 5.91 Å². The minimum absolute atomic E-state index is 0.132. The third-order valence-corrected chi connectivity index (χ3v) is 4.17. The van der Waals surface area contributed by atoms with Gasteiger partial charge in [0.05, 0.1) is 11.3 Å². The summed E-state index contributed by atoms with van der Waals surface area (Å²) in [4.78, 5) is 26.2. The van der Waals surface area contributed by atoms with Crippen LogP contribution in [0.4, 0.5) is 5.69 Å². The molecule has 1 fully saturated rings. The summed E-state index contributed by atoms with van der Waals surface area (Å²) in [5.74, 6) is 4.58. The van der Waals surface area contributed by atoms with E-state index >= 15 is 0 Å². The van der Waals surface area contributed by atoms with Gasteiger partial charge in [-0.3, -0.25) is 15.0 Å². The number of hydrazine groups is 1. The molecule has 7 heteroatoms. The number of rotatable bonds is 2. The lowest BCUT2D eigenvalue weighted by Crippen LogP contribution is -2.50. The van der Waals surface area contributed by atoms with Crippen LogP contribution in [-0.2, 0) is 4.79 Å². The monoisotopic (exact) mass is 301 g/mol. The van der Waals surface area contributed by atoms with Gasteiger partial charge in [-0.1, -0.05) is 31.4 Å². The van der Waals surface area contributed by atoms with Gasteiger partial charge < -0.3 is 4.90 Å². The molecule has 7 nitrogen and oxygen atoms in total. The highest BCUT2D eigenvalue weighted by atomic mass is 16.2. The van der Waals surface area contributed by atoms with Gasteiger partial charge in [-0.2, -0.15) is 0 Å². The molecular formula is C15H19N5O2. The second-order valence-electron chi connectivity index (χ2n) is 5.53. The molecule has 1 saturated carbocycles. The molecule has 0 saturated heterocycles. The largest absolute Gasteiger partial charge is 0.316 e. The standard InChI is InChI=1S/C15H19N5O2/c16-17-15(22)13-18-19-14(21)11-8-4-5-9-12(11)20(13)10-6-2-1-3-7-10/h4-5,8-10H,1-3,6-7,16H2,(H,17,22)(H,19,21).